The summed E-state index contributed by atoms with van der Waals surface area (Å²) in [6.45, 7) is 5.10. The number of benzene rings is 1. The average molecular weight is 330 g/mol. The van der Waals surface area contributed by atoms with E-state index in [1.54, 1.807) is 0 Å². The number of rotatable bonds is 2. The quantitative estimate of drug-likeness (QED) is 0.844. The Hall–Kier alpha value is -1.92. The van der Waals surface area contributed by atoms with E-state index in [4.69, 9.17) is 9.47 Å². The molecule has 2 aliphatic heterocycles. The number of nitrogens with one attached hydrogen (secondary N) is 1. The molecule has 3 amide bonds. The van der Waals surface area contributed by atoms with Crippen LogP contribution < -0.4 is 5.32 Å². The molecule has 3 fully saturated rings. The molecule has 2 unspecified atom stereocenters. The molecule has 2 heterocycles. The van der Waals surface area contributed by atoms with Gasteiger partial charge in [-0.05, 0) is 37.0 Å². The third-order valence-corrected chi connectivity index (χ3v) is 5.39. The van der Waals surface area contributed by atoms with Gasteiger partial charge in [0.15, 0.2) is 5.79 Å². The van der Waals surface area contributed by atoms with Gasteiger partial charge in [0, 0.05) is 18.9 Å². The first-order valence-electron chi connectivity index (χ1n) is 8.48. The molecule has 0 aromatic heterocycles. The molecule has 1 saturated carbocycles. The predicted octanol–water partition coefficient (Wildman–Crippen LogP) is 2.19. The van der Waals surface area contributed by atoms with Gasteiger partial charge in [0.1, 0.15) is 6.04 Å². The smallest absolute Gasteiger partial charge is 0.325 e. The standard InChI is InChI=1S/C18H22N2O4/c1-11-4-3-5-12(2)14(11)15-16(21)20(17(22)19-15)13-6-7-18(10-13)23-8-9-24-18/h3-5,13,15H,6-10H2,1-2H3,(H,19,22). The van der Waals surface area contributed by atoms with Crippen LogP contribution in [0.15, 0.2) is 18.2 Å². The van der Waals surface area contributed by atoms with Crippen LogP contribution in [0.1, 0.15) is 42.0 Å². The van der Waals surface area contributed by atoms with Crippen molar-refractivity contribution in [2.24, 2.45) is 0 Å². The Morgan fingerprint density at radius 3 is 2.50 bits per heavy atom. The first-order valence-corrected chi connectivity index (χ1v) is 8.48. The van der Waals surface area contributed by atoms with E-state index in [1.807, 2.05) is 32.0 Å². The molecule has 2 atom stereocenters. The van der Waals surface area contributed by atoms with Crippen molar-refractivity contribution in [2.75, 3.05) is 13.2 Å². The van der Waals surface area contributed by atoms with Gasteiger partial charge < -0.3 is 14.8 Å². The van der Waals surface area contributed by atoms with Crippen LogP contribution in [0.3, 0.4) is 0 Å². The maximum absolute atomic E-state index is 13.0. The number of amides is 3. The maximum atomic E-state index is 13.0. The lowest BCUT2D eigenvalue weighted by atomic mass is 9.96. The van der Waals surface area contributed by atoms with E-state index in [1.165, 1.54) is 4.90 Å². The molecule has 6 nitrogen and oxygen atoms in total. The van der Waals surface area contributed by atoms with E-state index in [0.29, 0.717) is 19.6 Å². The zero-order valence-electron chi connectivity index (χ0n) is 14.0. The molecule has 1 spiro atoms. The molecule has 0 bridgehead atoms. The first-order chi connectivity index (χ1) is 11.5. The lowest BCUT2D eigenvalue weighted by Crippen LogP contribution is -2.41. The van der Waals surface area contributed by atoms with Crippen LogP contribution in [-0.2, 0) is 14.3 Å². The summed E-state index contributed by atoms with van der Waals surface area (Å²) in [6, 6.07) is 4.82. The monoisotopic (exact) mass is 330 g/mol. The summed E-state index contributed by atoms with van der Waals surface area (Å²) in [7, 11) is 0. The van der Waals surface area contributed by atoms with Crippen LogP contribution in [0.2, 0.25) is 0 Å². The highest BCUT2D eigenvalue weighted by Gasteiger charge is 2.51. The zero-order valence-corrected chi connectivity index (χ0v) is 14.0. The molecule has 6 heteroatoms. The summed E-state index contributed by atoms with van der Waals surface area (Å²) >= 11 is 0. The van der Waals surface area contributed by atoms with Crippen molar-refractivity contribution in [3.8, 4) is 0 Å². The Labute approximate surface area is 141 Å². The Bertz CT molecular complexity index is 676. The summed E-state index contributed by atoms with van der Waals surface area (Å²) in [5.41, 5.74) is 2.93. The number of urea groups is 1. The van der Waals surface area contributed by atoms with Crippen LogP contribution in [0.5, 0.6) is 0 Å². The molecule has 1 aliphatic carbocycles. The molecule has 3 aliphatic rings. The second kappa shape index (κ2) is 5.57. The van der Waals surface area contributed by atoms with Crippen molar-refractivity contribution >= 4 is 11.9 Å². The van der Waals surface area contributed by atoms with Crippen molar-refractivity contribution < 1.29 is 19.1 Å². The highest BCUT2D eigenvalue weighted by molar-refractivity contribution is 6.05. The second-order valence-corrected chi connectivity index (χ2v) is 6.90. The van der Waals surface area contributed by atoms with Gasteiger partial charge in [0.2, 0.25) is 0 Å². The fourth-order valence-electron chi connectivity index (χ4n) is 4.25. The lowest BCUT2D eigenvalue weighted by molar-refractivity contribution is -0.153. The number of nitrogens with zero attached hydrogens (tertiary/aromatic N) is 1. The van der Waals surface area contributed by atoms with Crippen LogP contribution in [0, 0.1) is 13.8 Å². The lowest BCUT2D eigenvalue weighted by Gasteiger charge is -2.24. The van der Waals surface area contributed by atoms with E-state index >= 15 is 0 Å². The van der Waals surface area contributed by atoms with Crippen LogP contribution in [0.4, 0.5) is 4.79 Å². The van der Waals surface area contributed by atoms with Crippen molar-refractivity contribution in [2.45, 2.75) is 51.0 Å². The number of hydrogen-bond acceptors (Lipinski definition) is 4. The summed E-state index contributed by atoms with van der Waals surface area (Å²) < 4.78 is 11.4. The van der Waals surface area contributed by atoms with E-state index in [2.05, 4.69) is 5.32 Å². The fraction of sp³-hybridized carbons (Fsp3) is 0.556. The largest absolute Gasteiger partial charge is 0.347 e. The Kier molecular flexibility index (Phi) is 3.62. The van der Waals surface area contributed by atoms with Crippen LogP contribution in [0.25, 0.3) is 0 Å². The minimum absolute atomic E-state index is 0.162. The number of carbonyl (C=O) groups excluding carboxylic acids is 2. The van der Waals surface area contributed by atoms with Crippen molar-refractivity contribution in [3.63, 3.8) is 0 Å². The molecular formula is C18H22N2O4. The maximum Gasteiger partial charge on any atom is 0.325 e. The van der Waals surface area contributed by atoms with Gasteiger partial charge in [-0.3, -0.25) is 9.69 Å². The van der Waals surface area contributed by atoms with Crippen molar-refractivity contribution in [1.29, 1.82) is 0 Å². The Morgan fingerprint density at radius 1 is 1.17 bits per heavy atom. The molecule has 1 aromatic carbocycles. The molecule has 2 saturated heterocycles. The van der Waals surface area contributed by atoms with Crippen molar-refractivity contribution in [1.82, 2.24) is 10.2 Å². The summed E-state index contributed by atoms with van der Waals surface area (Å²) in [5, 5.41) is 2.86. The van der Waals surface area contributed by atoms with Gasteiger partial charge >= 0.3 is 6.03 Å². The number of imide groups is 1. The highest BCUT2D eigenvalue weighted by Crippen LogP contribution is 2.41. The predicted molar refractivity (Wildman–Crippen MR) is 86.3 cm³/mol. The van der Waals surface area contributed by atoms with Gasteiger partial charge in [-0.25, -0.2) is 4.79 Å². The molecule has 128 valence electrons. The van der Waals surface area contributed by atoms with E-state index in [9.17, 15) is 9.59 Å². The minimum atomic E-state index is -0.597. The number of carbonyl (C=O) groups is 2. The first kappa shape index (κ1) is 15.6. The molecule has 0 radical (unpaired) electrons. The van der Waals surface area contributed by atoms with E-state index in [-0.39, 0.29) is 18.0 Å². The normalized spacial score (nSPS) is 28.8. The zero-order chi connectivity index (χ0) is 16.9. The molecule has 1 aromatic rings. The molecular weight excluding hydrogens is 308 g/mol. The van der Waals surface area contributed by atoms with E-state index in [0.717, 1.165) is 29.5 Å². The fourth-order valence-corrected chi connectivity index (χ4v) is 4.25. The number of ether oxygens (including phenoxy) is 2. The number of aryl methyl sites for hydroxylation is 2. The van der Waals surface area contributed by atoms with Gasteiger partial charge in [0.25, 0.3) is 5.91 Å². The summed E-state index contributed by atoms with van der Waals surface area (Å²) in [6.07, 6.45) is 2.01. The van der Waals surface area contributed by atoms with Gasteiger partial charge in [-0.15, -0.1) is 0 Å². The Morgan fingerprint density at radius 2 is 1.83 bits per heavy atom. The topological polar surface area (TPSA) is 67.9 Å². The average Bonchev–Trinajstić information content (AvgIpc) is 3.22. The highest BCUT2D eigenvalue weighted by atomic mass is 16.7. The molecule has 24 heavy (non-hydrogen) atoms. The second-order valence-electron chi connectivity index (χ2n) is 6.90. The minimum Gasteiger partial charge on any atom is -0.347 e. The third kappa shape index (κ3) is 2.32. The molecule has 4 rings (SSSR count). The van der Waals surface area contributed by atoms with Gasteiger partial charge in [-0.1, -0.05) is 18.2 Å². The van der Waals surface area contributed by atoms with Crippen LogP contribution >= 0.6 is 0 Å². The van der Waals surface area contributed by atoms with Crippen LogP contribution in [-0.4, -0.2) is 41.9 Å². The van der Waals surface area contributed by atoms with Gasteiger partial charge in [-0.2, -0.15) is 0 Å². The third-order valence-electron chi connectivity index (χ3n) is 5.39. The summed E-state index contributed by atoms with van der Waals surface area (Å²) in [5.74, 6) is -0.764. The van der Waals surface area contributed by atoms with E-state index < -0.39 is 11.8 Å². The Balaban J connectivity index is 1.58. The summed E-state index contributed by atoms with van der Waals surface area (Å²) in [4.78, 5) is 26.9. The SMILES string of the molecule is Cc1cccc(C)c1C1NC(=O)N(C2CCC3(C2)OCCO3)C1=O. The van der Waals surface area contributed by atoms with Crippen molar-refractivity contribution in [3.05, 3.63) is 34.9 Å². The van der Waals surface area contributed by atoms with Gasteiger partial charge in [0.05, 0.1) is 13.2 Å². The molecule has 1 N–H and O–H groups in total. The number of hydrogen-bond donors (Lipinski definition) is 1.